The van der Waals surface area contributed by atoms with Gasteiger partial charge in [-0.2, -0.15) is 13.2 Å². The standard InChI is InChI=1S/C20H25F4N3O2/c1-18(2,20(22,23)24)10-15(28)25-17-26-16-13(21)8-11(19(3,4)29)9-14(16)27(17)12-6-5-7-12/h8-9,12,29H,5-7,10H2,1-4H3,(H,25,26,28). The fourth-order valence-electron chi connectivity index (χ4n) is 3.28. The minimum atomic E-state index is -4.54. The van der Waals surface area contributed by atoms with Crippen LogP contribution in [0.15, 0.2) is 12.1 Å². The Morgan fingerprint density at radius 1 is 1.24 bits per heavy atom. The second kappa shape index (κ2) is 6.97. The van der Waals surface area contributed by atoms with E-state index in [9.17, 15) is 27.5 Å². The number of carbonyl (C=O) groups excluding carboxylic acids is 1. The van der Waals surface area contributed by atoms with Crippen LogP contribution in [0, 0.1) is 11.2 Å². The molecule has 0 bridgehead atoms. The number of hydrogen-bond acceptors (Lipinski definition) is 3. The molecule has 1 aromatic carbocycles. The van der Waals surface area contributed by atoms with E-state index >= 15 is 0 Å². The number of benzene rings is 1. The number of aliphatic hydroxyl groups is 1. The third-order valence-electron chi connectivity index (χ3n) is 5.52. The number of halogens is 4. The minimum absolute atomic E-state index is 0.00952. The van der Waals surface area contributed by atoms with Crippen LogP contribution >= 0.6 is 0 Å². The monoisotopic (exact) mass is 415 g/mol. The van der Waals surface area contributed by atoms with Gasteiger partial charge in [0.25, 0.3) is 0 Å². The van der Waals surface area contributed by atoms with Gasteiger partial charge in [-0.1, -0.05) is 13.8 Å². The number of aromatic nitrogens is 2. The third kappa shape index (κ3) is 4.10. The van der Waals surface area contributed by atoms with Crippen molar-refractivity contribution in [3.8, 4) is 0 Å². The van der Waals surface area contributed by atoms with Gasteiger partial charge < -0.3 is 9.67 Å². The first-order valence-electron chi connectivity index (χ1n) is 9.51. The van der Waals surface area contributed by atoms with Gasteiger partial charge in [-0.25, -0.2) is 9.37 Å². The van der Waals surface area contributed by atoms with Crippen LogP contribution in [0.25, 0.3) is 11.0 Å². The van der Waals surface area contributed by atoms with E-state index in [0.29, 0.717) is 11.1 Å². The van der Waals surface area contributed by atoms with Crippen LogP contribution < -0.4 is 5.32 Å². The molecule has 0 spiro atoms. The molecule has 1 aliphatic rings. The number of nitrogens with zero attached hydrogens (tertiary/aromatic N) is 2. The Labute approximate surface area is 166 Å². The van der Waals surface area contributed by atoms with Crippen LogP contribution in [0.3, 0.4) is 0 Å². The summed E-state index contributed by atoms with van der Waals surface area (Å²) in [4.78, 5) is 16.5. The summed E-state index contributed by atoms with van der Waals surface area (Å²) in [6.07, 6.45) is -2.78. The maximum atomic E-state index is 14.7. The molecule has 1 aliphatic carbocycles. The Hall–Kier alpha value is -2.16. The predicted molar refractivity (Wildman–Crippen MR) is 101 cm³/mol. The summed E-state index contributed by atoms with van der Waals surface area (Å²) in [5.74, 6) is -1.48. The highest BCUT2D eigenvalue weighted by Crippen LogP contribution is 2.41. The zero-order chi connectivity index (χ0) is 21.8. The molecule has 0 unspecified atom stereocenters. The smallest absolute Gasteiger partial charge is 0.386 e. The van der Waals surface area contributed by atoms with Gasteiger partial charge in [-0.05, 0) is 50.8 Å². The van der Waals surface area contributed by atoms with E-state index < -0.39 is 35.3 Å². The number of amides is 1. The molecule has 2 aromatic rings. The number of fused-ring (bicyclic) bond motifs is 1. The summed E-state index contributed by atoms with van der Waals surface area (Å²) in [6.45, 7) is 4.96. The summed E-state index contributed by atoms with van der Waals surface area (Å²) in [7, 11) is 0. The Morgan fingerprint density at radius 2 is 1.86 bits per heavy atom. The normalized spacial score (nSPS) is 16.2. The van der Waals surface area contributed by atoms with Crippen molar-refractivity contribution >= 4 is 22.9 Å². The van der Waals surface area contributed by atoms with Gasteiger partial charge in [0.15, 0.2) is 5.82 Å². The van der Waals surface area contributed by atoms with Crippen molar-refractivity contribution in [1.29, 1.82) is 0 Å². The fraction of sp³-hybridized carbons (Fsp3) is 0.600. The summed E-state index contributed by atoms with van der Waals surface area (Å²) in [5, 5.41) is 12.7. The summed E-state index contributed by atoms with van der Waals surface area (Å²) < 4.78 is 55.7. The van der Waals surface area contributed by atoms with Gasteiger partial charge in [-0.15, -0.1) is 0 Å². The molecule has 5 nitrogen and oxygen atoms in total. The SMILES string of the molecule is CC(C)(O)c1cc(F)c2nc(NC(=O)CC(C)(C)C(F)(F)F)n(C3CCC3)c2c1. The van der Waals surface area contributed by atoms with E-state index in [0.717, 1.165) is 33.1 Å². The Balaban J connectivity index is 2.02. The van der Waals surface area contributed by atoms with Crippen LogP contribution in [-0.4, -0.2) is 26.7 Å². The Morgan fingerprint density at radius 3 is 2.34 bits per heavy atom. The molecule has 1 amide bonds. The molecule has 0 aliphatic heterocycles. The molecule has 1 saturated carbocycles. The molecule has 1 heterocycles. The largest absolute Gasteiger partial charge is 0.394 e. The number of hydrogen-bond donors (Lipinski definition) is 2. The van der Waals surface area contributed by atoms with Crippen LogP contribution in [0.4, 0.5) is 23.5 Å². The lowest BCUT2D eigenvalue weighted by molar-refractivity contribution is -0.213. The second-order valence-corrected chi connectivity index (χ2v) is 8.88. The van der Waals surface area contributed by atoms with Gasteiger partial charge in [-0.3, -0.25) is 10.1 Å². The van der Waals surface area contributed by atoms with E-state index in [-0.39, 0.29) is 17.5 Å². The van der Waals surface area contributed by atoms with E-state index in [2.05, 4.69) is 10.3 Å². The lowest BCUT2D eigenvalue weighted by atomic mass is 9.88. The zero-order valence-corrected chi connectivity index (χ0v) is 16.8. The summed E-state index contributed by atoms with van der Waals surface area (Å²) >= 11 is 0. The lowest BCUT2D eigenvalue weighted by Crippen LogP contribution is -2.36. The van der Waals surface area contributed by atoms with Crippen molar-refractivity contribution in [2.45, 2.75) is 71.2 Å². The van der Waals surface area contributed by atoms with Gasteiger partial charge in [0, 0.05) is 12.5 Å². The molecule has 2 N–H and O–H groups in total. The molecule has 1 aromatic heterocycles. The van der Waals surface area contributed by atoms with Crippen LogP contribution in [-0.2, 0) is 10.4 Å². The van der Waals surface area contributed by atoms with E-state index in [4.69, 9.17) is 0 Å². The summed E-state index contributed by atoms with van der Waals surface area (Å²) in [6, 6.07) is 2.75. The van der Waals surface area contributed by atoms with E-state index in [1.807, 2.05) is 0 Å². The highest BCUT2D eigenvalue weighted by atomic mass is 19.4. The molecule has 3 rings (SSSR count). The quantitative estimate of drug-likeness (QED) is 0.672. The summed E-state index contributed by atoms with van der Waals surface area (Å²) in [5.41, 5.74) is -2.74. The molecule has 0 saturated heterocycles. The number of anilines is 1. The molecule has 9 heteroatoms. The molecular weight excluding hydrogens is 390 g/mol. The molecule has 0 atom stereocenters. The van der Waals surface area contributed by atoms with Crippen molar-refractivity contribution in [3.05, 3.63) is 23.5 Å². The molecule has 160 valence electrons. The van der Waals surface area contributed by atoms with Crippen molar-refractivity contribution < 1.29 is 27.5 Å². The van der Waals surface area contributed by atoms with Gasteiger partial charge in [0.05, 0.1) is 16.5 Å². The first-order chi connectivity index (χ1) is 13.2. The topological polar surface area (TPSA) is 67.2 Å². The highest BCUT2D eigenvalue weighted by Gasteiger charge is 2.48. The average molecular weight is 415 g/mol. The highest BCUT2D eigenvalue weighted by molar-refractivity contribution is 5.92. The first-order valence-corrected chi connectivity index (χ1v) is 9.51. The van der Waals surface area contributed by atoms with Crippen molar-refractivity contribution in [2.24, 2.45) is 5.41 Å². The van der Waals surface area contributed by atoms with Crippen molar-refractivity contribution in [3.63, 3.8) is 0 Å². The van der Waals surface area contributed by atoms with Crippen LogP contribution in [0.2, 0.25) is 0 Å². The van der Waals surface area contributed by atoms with E-state index in [1.165, 1.54) is 19.9 Å². The first kappa shape index (κ1) is 21.5. The second-order valence-electron chi connectivity index (χ2n) is 8.88. The lowest BCUT2D eigenvalue weighted by Gasteiger charge is -2.30. The third-order valence-corrected chi connectivity index (χ3v) is 5.52. The maximum absolute atomic E-state index is 14.7. The Bertz CT molecular complexity index is 938. The number of alkyl halides is 3. The van der Waals surface area contributed by atoms with Crippen LogP contribution in [0.5, 0.6) is 0 Å². The van der Waals surface area contributed by atoms with Gasteiger partial charge in [0.2, 0.25) is 11.9 Å². The average Bonchev–Trinajstić information content (AvgIpc) is 2.82. The van der Waals surface area contributed by atoms with Crippen LogP contribution in [0.1, 0.15) is 65.0 Å². The Kier molecular flexibility index (Phi) is 5.18. The van der Waals surface area contributed by atoms with Gasteiger partial charge >= 0.3 is 6.18 Å². The van der Waals surface area contributed by atoms with Crippen molar-refractivity contribution in [1.82, 2.24) is 9.55 Å². The number of nitrogens with one attached hydrogen (secondary N) is 1. The number of rotatable bonds is 5. The minimum Gasteiger partial charge on any atom is -0.386 e. The number of imidazole rings is 1. The number of carbonyl (C=O) groups is 1. The van der Waals surface area contributed by atoms with Crippen molar-refractivity contribution in [2.75, 3.05) is 5.32 Å². The van der Waals surface area contributed by atoms with E-state index in [1.54, 1.807) is 10.6 Å². The molecular formula is C20H25F4N3O2. The molecule has 29 heavy (non-hydrogen) atoms. The fourth-order valence-corrected chi connectivity index (χ4v) is 3.28. The zero-order valence-electron chi connectivity index (χ0n) is 16.8. The maximum Gasteiger partial charge on any atom is 0.394 e. The molecule has 0 radical (unpaired) electrons. The molecule has 1 fully saturated rings. The van der Waals surface area contributed by atoms with Gasteiger partial charge in [0.1, 0.15) is 5.52 Å². The predicted octanol–water partition coefficient (Wildman–Crippen LogP) is 5.04.